The minimum atomic E-state index is -0.938. The molecule has 3 rings (SSSR count). The molecule has 26 heavy (non-hydrogen) atoms. The standard InChI is InChI=1S/C20H18ClNO3S/c1-13-2-4-14(5-3-13)12-17-18(25-10-11-26)20(24)22(19(17)23)16-8-6-15(21)7-9-16/h2-9,12,18,26H,10-11H2,1H3/b17-12+. The minimum absolute atomic E-state index is 0.270. The Balaban J connectivity index is 2.00. The van der Waals surface area contributed by atoms with Crippen molar-refractivity contribution in [2.45, 2.75) is 13.0 Å². The van der Waals surface area contributed by atoms with Gasteiger partial charge in [-0.3, -0.25) is 9.59 Å². The van der Waals surface area contributed by atoms with E-state index in [0.717, 1.165) is 16.0 Å². The van der Waals surface area contributed by atoms with Crippen LogP contribution < -0.4 is 4.90 Å². The largest absolute Gasteiger partial charge is 0.363 e. The molecule has 6 heteroatoms. The Morgan fingerprint density at radius 3 is 2.38 bits per heavy atom. The topological polar surface area (TPSA) is 46.6 Å². The van der Waals surface area contributed by atoms with Gasteiger partial charge in [0.1, 0.15) is 0 Å². The molecule has 0 aromatic heterocycles. The number of anilines is 1. The molecule has 1 heterocycles. The van der Waals surface area contributed by atoms with Crippen molar-refractivity contribution in [1.82, 2.24) is 0 Å². The number of carbonyl (C=O) groups is 2. The van der Waals surface area contributed by atoms with Gasteiger partial charge in [0, 0.05) is 10.8 Å². The number of imide groups is 1. The molecule has 2 aromatic carbocycles. The van der Waals surface area contributed by atoms with Crippen LogP contribution in [0.3, 0.4) is 0 Å². The number of carbonyl (C=O) groups excluding carboxylic acids is 2. The zero-order valence-corrected chi connectivity index (χ0v) is 15.8. The van der Waals surface area contributed by atoms with E-state index >= 15 is 0 Å². The second-order valence-corrected chi connectivity index (χ2v) is 6.82. The lowest BCUT2D eigenvalue weighted by molar-refractivity contribution is -0.126. The lowest BCUT2D eigenvalue weighted by Crippen LogP contribution is -2.33. The highest BCUT2D eigenvalue weighted by atomic mass is 35.5. The van der Waals surface area contributed by atoms with Crippen LogP contribution in [0.2, 0.25) is 5.02 Å². The maximum atomic E-state index is 13.0. The summed E-state index contributed by atoms with van der Waals surface area (Å²) in [5.41, 5.74) is 2.74. The molecule has 134 valence electrons. The van der Waals surface area contributed by atoms with Gasteiger partial charge in [-0.25, -0.2) is 4.90 Å². The van der Waals surface area contributed by atoms with Crippen molar-refractivity contribution in [1.29, 1.82) is 0 Å². The first-order valence-electron chi connectivity index (χ1n) is 8.16. The summed E-state index contributed by atoms with van der Waals surface area (Å²) in [6.07, 6.45) is 0.769. The summed E-state index contributed by atoms with van der Waals surface area (Å²) in [5, 5.41) is 0.533. The number of thiol groups is 1. The van der Waals surface area contributed by atoms with Crippen molar-refractivity contribution in [3.05, 3.63) is 70.3 Å². The number of amides is 2. The number of ether oxygens (including phenoxy) is 1. The molecule has 0 saturated carbocycles. The van der Waals surface area contributed by atoms with Gasteiger partial charge in [-0.05, 0) is 42.8 Å². The summed E-state index contributed by atoms with van der Waals surface area (Å²) in [5.74, 6) is -0.337. The average Bonchev–Trinajstić information content (AvgIpc) is 2.86. The van der Waals surface area contributed by atoms with Gasteiger partial charge in [-0.15, -0.1) is 0 Å². The fourth-order valence-corrected chi connectivity index (χ4v) is 2.97. The van der Waals surface area contributed by atoms with Gasteiger partial charge in [0.25, 0.3) is 11.8 Å². The van der Waals surface area contributed by atoms with E-state index in [1.807, 2.05) is 31.2 Å². The first-order valence-corrected chi connectivity index (χ1v) is 9.17. The molecule has 1 fully saturated rings. The summed E-state index contributed by atoms with van der Waals surface area (Å²) in [6.45, 7) is 2.26. The second-order valence-electron chi connectivity index (χ2n) is 5.94. The highest BCUT2D eigenvalue weighted by molar-refractivity contribution is 7.80. The van der Waals surface area contributed by atoms with Crippen molar-refractivity contribution in [2.75, 3.05) is 17.3 Å². The number of aryl methyl sites for hydroxylation is 1. The van der Waals surface area contributed by atoms with Crippen LogP contribution in [0.25, 0.3) is 6.08 Å². The fraction of sp³-hybridized carbons (Fsp3) is 0.200. The molecule has 1 unspecified atom stereocenters. The van der Waals surface area contributed by atoms with E-state index in [0.29, 0.717) is 22.0 Å². The Labute approximate surface area is 162 Å². The lowest BCUT2D eigenvalue weighted by atomic mass is 10.1. The first-order chi connectivity index (χ1) is 12.5. The zero-order chi connectivity index (χ0) is 18.7. The van der Waals surface area contributed by atoms with Crippen LogP contribution in [-0.2, 0) is 14.3 Å². The van der Waals surface area contributed by atoms with E-state index in [2.05, 4.69) is 12.6 Å². The summed E-state index contributed by atoms with van der Waals surface area (Å²) in [7, 11) is 0. The minimum Gasteiger partial charge on any atom is -0.363 e. The van der Waals surface area contributed by atoms with Crippen molar-refractivity contribution < 1.29 is 14.3 Å². The smallest absolute Gasteiger partial charge is 0.267 e. The van der Waals surface area contributed by atoms with Gasteiger partial charge in [0.05, 0.1) is 17.9 Å². The summed E-state index contributed by atoms with van der Waals surface area (Å²) in [6, 6.07) is 14.3. The molecule has 0 aliphatic carbocycles. The Morgan fingerprint density at radius 1 is 1.12 bits per heavy atom. The van der Waals surface area contributed by atoms with Crippen LogP contribution in [0.1, 0.15) is 11.1 Å². The summed E-state index contributed by atoms with van der Waals surface area (Å²) in [4.78, 5) is 26.9. The third-order valence-corrected chi connectivity index (χ3v) is 4.47. The normalized spacial score (nSPS) is 18.8. The number of hydrogen-bond acceptors (Lipinski definition) is 4. The molecule has 4 nitrogen and oxygen atoms in total. The summed E-state index contributed by atoms with van der Waals surface area (Å²) < 4.78 is 5.64. The highest BCUT2D eigenvalue weighted by Gasteiger charge is 2.44. The van der Waals surface area contributed by atoms with E-state index in [-0.39, 0.29) is 12.5 Å². The third-order valence-electron chi connectivity index (χ3n) is 4.04. The fourth-order valence-electron chi connectivity index (χ4n) is 2.74. The Hall–Kier alpha value is -2.08. The molecule has 2 aromatic rings. The molecule has 0 spiro atoms. The molecular formula is C20H18ClNO3S. The second kappa shape index (κ2) is 8.08. The number of rotatable bonds is 5. The number of halogens is 1. The van der Waals surface area contributed by atoms with Crippen molar-refractivity contribution in [3.8, 4) is 0 Å². The SMILES string of the molecule is Cc1ccc(/C=C2/C(=O)N(c3ccc(Cl)cc3)C(=O)C2OCCS)cc1. The van der Waals surface area contributed by atoms with Crippen molar-refractivity contribution in [3.63, 3.8) is 0 Å². The van der Waals surface area contributed by atoms with Crippen LogP contribution in [-0.4, -0.2) is 30.3 Å². The Morgan fingerprint density at radius 2 is 1.77 bits per heavy atom. The average molecular weight is 388 g/mol. The molecule has 1 saturated heterocycles. The maximum Gasteiger partial charge on any atom is 0.267 e. The van der Waals surface area contributed by atoms with Crippen molar-refractivity contribution in [2.24, 2.45) is 0 Å². The third kappa shape index (κ3) is 3.85. The van der Waals surface area contributed by atoms with E-state index in [9.17, 15) is 9.59 Å². The van der Waals surface area contributed by atoms with Gasteiger partial charge in [0.15, 0.2) is 6.10 Å². The van der Waals surface area contributed by atoms with Gasteiger partial charge >= 0.3 is 0 Å². The molecule has 1 atom stereocenters. The van der Waals surface area contributed by atoms with Gasteiger partial charge in [0.2, 0.25) is 0 Å². The molecule has 1 aliphatic heterocycles. The predicted octanol–water partition coefficient (Wildman–Crippen LogP) is 3.92. The Kier molecular flexibility index (Phi) is 5.81. The van der Waals surface area contributed by atoms with Gasteiger partial charge in [-0.1, -0.05) is 41.4 Å². The summed E-state index contributed by atoms with van der Waals surface area (Å²) >= 11 is 10.0. The highest BCUT2D eigenvalue weighted by Crippen LogP contribution is 2.30. The van der Waals surface area contributed by atoms with E-state index in [4.69, 9.17) is 16.3 Å². The zero-order valence-electron chi connectivity index (χ0n) is 14.2. The lowest BCUT2D eigenvalue weighted by Gasteiger charge is -2.14. The van der Waals surface area contributed by atoms with Crippen LogP contribution in [0.15, 0.2) is 54.1 Å². The van der Waals surface area contributed by atoms with E-state index in [1.54, 1.807) is 30.3 Å². The monoisotopic (exact) mass is 387 g/mol. The van der Waals surface area contributed by atoms with E-state index < -0.39 is 12.0 Å². The quantitative estimate of drug-likeness (QED) is 0.480. The molecular weight excluding hydrogens is 370 g/mol. The van der Waals surface area contributed by atoms with Crippen LogP contribution >= 0.6 is 24.2 Å². The molecule has 0 N–H and O–H groups in total. The molecule has 0 radical (unpaired) electrons. The van der Waals surface area contributed by atoms with Crippen LogP contribution in [0, 0.1) is 6.92 Å². The molecule has 2 amide bonds. The number of hydrogen-bond donors (Lipinski definition) is 1. The molecule has 1 aliphatic rings. The first kappa shape index (κ1) is 18.7. The Bertz CT molecular complexity index is 846. The van der Waals surface area contributed by atoms with Crippen LogP contribution in [0.4, 0.5) is 5.69 Å². The van der Waals surface area contributed by atoms with Crippen molar-refractivity contribution >= 4 is 47.8 Å². The maximum absolute atomic E-state index is 13.0. The van der Waals surface area contributed by atoms with Gasteiger partial charge < -0.3 is 4.74 Å². The number of benzene rings is 2. The van der Waals surface area contributed by atoms with Gasteiger partial charge in [-0.2, -0.15) is 12.6 Å². The number of nitrogens with zero attached hydrogens (tertiary/aromatic N) is 1. The van der Waals surface area contributed by atoms with E-state index in [1.165, 1.54) is 0 Å². The predicted molar refractivity (Wildman–Crippen MR) is 107 cm³/mol. The molecule has 0 bridgehead atoms. The van der Waals surface area contributed by atoms with Crippen LogP contribution in [0.5, 0.6) is 0 Å².